The van der Waals surface area contributed by atoms with Gasteiger partial charge in [0.2, 0.25) is 5.91 Å². The molecule has 0 radical (unpaired) electrons. The minimum atomic E-state index is -4.36. The van der Waals surface area contributed by atoms with Crippen molar-refractivity contribution in [3.8, 4) is 0 Å². The molecule has 1 aromatic rings. The van der Waals surface area contributed by atoms with Crippen LogP contribution in [0.5, 0.6) is 0 Å². The Labute approximate surface area is 141 Å². The number of carbonyl (C=O) groups excluding carboxylic acids is 1. The molecule has 0 unspecified atom stereocenters. The Bertz CT molecular complexity index is 519. The van der Waals surface area contributed by atoms with Crippen molar-refractivity contribution in [2.24, 2.45) is 0 Å². The lowest BCUT2D eigenvalue weighted by atomic mass is 10.1. The summed E-state index contributed by atoms with van der Waals surface area (Å²) in [5.41, 5.74) is -0.159. The number of nitrogens with zero attached hydrogens (tertiary/aromatic N) is 1. The molecule has 0 aliphatic heterocycles. The van der Waals surface area contributed by atoms with Crippen molar-refractivity contribution in [2.75, 3.05) is 26.7 Å². The van der Waals surface area contributed by atoms with E-state index >= 15 is 0 Å². The quantitative estimate of drug-likeness (QED) is 0.699. The van der Waals surface area contributed by atoms with Crippen LogP contribution in [0.3, 0.4) is 0 Å². The van der Waals surface area contributed by atoms with E-state index in [2.05, 4.69) is 5.32 Å². The fraction of sp³-hybridized carbons (Fsp3) is 0.588. The number of rotatable bonds is 9. The van der Waals surface area contributed by atoms with Gasteiger partial charge in [-0.2, -0.15) is 13.2 Å². The summed E-state index contributed by atoms with van der Waals surface area (Å²) in [6.07, 6.45) is -3.47. The number of likely N-dealkylation sites (N-methyl/N-ethyl adjacent to an activating group) is 1. The van der Waals surface area contributed by atoms with Crippen LogP contribution in [-0.2, 0) is 22.3 Å². The third kappa shape index (κ3) is 8.31. The Balaban J connectivity index is 2.35. The van der Waals surface area contributed by atoms with Crippen LogP contribution in [0.1, 0.15) is 31.4 Å². The van der Waals surface area contributed by atoms with Gasteiger partial charge in [0.05, 0.1) is 18.2 Å². The second-order valence-corrected chi connectivity index (χ2v) is 5.99. The van der Waals surface area contributed by atoms with E-state index in [1.165, 1.54) is 6.07 Å². The molecule has 1 rings (SSSR count). The highest BCUT2D eigenvalue weighted by Gasteiger charge is 2.30. The van der Waals surface area contributed by atoms with Crippen molar-refractivity contribution in [3.05, 3.63) is 35.4 Å². The monoisotopic (exact) mass is 346 g/mol. The Morgan fingerprint density at radius 3 is 2.67 bits per heavy atom. The van der Waals surface area contributed by atoms with E-state index in [0.717, 1.165) is 18.6 Å². The highest BCUT2D eigenvalue weighted by Crippen LogP contribution is 2.29. The molecule has 0 aliphatic carbocycles. The first-order valence-corrected chi connectivity index (χ1v) is 7.91. The summed E-state index contributed by atoms with van der Waals surface area (Å²) >= 11 is 0. The van der Waals surface area contributed by atoms with Gasteiger partial charge in [-0.25, -0.2) is 0 Å². The second kappa shape index (κ2) is 9.64. The van der Waals surface area contributed by atoms with Gasteiger partial charge in [0.1, 0.15) is 0 Å². The zero-order chi connectivity index (χ0) is 18.2. The summed E-state index contributed by atoms with van der Waals surface area (Å²) in [6.45, 7) is 5.39. The second-order valence-electron chi connectivity index (χ2n) is 5.99. The third-order valence-corrected chi connectivity index (χ3v) is 3.21. The van der Waals surface area contributed by atoms with Crippen LogP contribution >= 0.6 is 0 Å². The van der Waals surface area contributed by atoms with Crippen LogP contribution in [0.2, 0.25) is 0 Å². The van der Waals surface area contributed by atoms with Crippen LogP contribution in [0.25, 0.3) is 0 Å². The van der Waals surface area contributed by atoms with Gasteiger partial charge in [-0.1, -0.05) is 18.2 Å². The molecule has 1 amide bonds. The number of ether oxygens (including phenoxy) is 1. The van der Waals surface area contributed by atoms with E-state index < -0.39 is 11.7 Å². The lowest BCUT2D eigenvalue weighted by molar-refractivity contribution is -0.137. The van der Waals surface area contributed by atoms with Gasteiger partial charge >= 0.3 is 6.18 Å². The molecular formula is C17H25F3N2O2. The zero-order valence-electron chi connectivity index (χ0n) is 14.3. The van der Waals surface area contributed by atoms with Crippen LogP contribution in [0.4, 0.5) is 13.2 Å². The first-order valence-electron chi connectivity index (χ1n) is 7.91. The summed E-state index contributed by atoms with van der Waals surface area (Å²) in [5, 5.41) is 2.77. The smallest absolute Gasteiger partial charge is 0.379 e. The Morgan fingerprint density at radius 1 is 1.33 bits per heavy atom. The van der Waals surface area contributed by atoms with E-state index in [1.807, 2.05) is 13.8 Å². The predicted molar refractivity (Wildman–Crippen MR) is 86.5 cm³/mol. The van der Waals surface area contributed by atoms with E-state index in [9.17, 15) is 18.0 Å². The fourth-order valence-electron chi connectivity index (χ4n) is 2.13. The zero-order valence-corrected chi connectivity index (χ0v) is 14.3. The number of alkyl halides is 3. The molecule has 0 fully saturated rings. The molecule has 0 saturated carbocycles. The number of benzene rings is 1. The number of carbonyl (C=O) groups is 1. The maximum atomic E-state index is 12.7. The molecule has 1 N–H and O–H groups in total. The van der Waals surface area contributed by atoms with Crippen molar-refractivity contribution in [1.82, 2.24) is 10.2 Å². The van der Waals surface area contributed by atoms with Crippen molar-refractivity contribution < 1.29 is 22.7 Å². The Hall–Kier alpha value is -1.60. The molecule has 4 nitrogen and oxygen atoms in total. The molecule has 0 bridgehead atoms. The average molecular weight is 346 g/mol. The van der Waals surface area contributed by atoms with Crippen LogP contribution < -0.4 is 5.32 Å². The topological polar surface area (TPSA) is 41.6 Å². The van der Waals surface area contributed by atoms with Gasteiger partial charge in [-0.15, -0.1) is 0 Å². The summed E-state index contributed by atoms with van der Waals surface area (Å²) in [4.78, 5) is 13.5. The molecule has 136 valence electrons. The lowest BCUT2D eigenvalue weighted by Crippen LogP contribution is -2.35. The van der Waals surface area contributed by atoms with Crippen LogP contribution in [0, 0.1) is 0 Å². The van der Waals surface area contributed by atoms with Gasteiger partial charge in [-0.05, 0) is 38.9 Å². The predicted octanol–water partition coefficient (Wildman–Crippen LogP) is 3.07. The molecule has 1 aromatic carbocycles. The Morgan fingerprint density at radius 2 is 2.04 bits per heavy atom. The minimum absolute atomic E-state index is 0.126. The molecule has 0 saturated heterocycles. The summed E-state index contributed by atoms with van der Waals surface area (Å²) in [5.74, 6) is -0.158. The maximum Gasteiger partial charge on any atom is 0.416 e. The van der Waals surface area contributed by atoms with Crippen molar-refractivity contribution in [1.29, 1.82) is 0 Å². The largest absolute Gasteiger partial charge is 0.416 e. The van der Waals surface area contributed by atoms with E-state index in [0.29, 0.717) is 18.7 Å². The van der Waals surface area contributed by atoms with Gasteiger partial charge in [0.15, 0.2) is 0 Å². The standard InChI is InChI=1S/C17H25F3N2O2/c1-13(2)24-9-5-8-21-16(23)12-22(3)11-14-6-4-7-15(10-14)17(18,19)20/h4,6-7,10,13H,5,8-9,11-12H2,1-3H3,(H,21,23). The van der Waals surface area contributed by atoms with Crippen molar-refractivity contribution in [2.45, 2.75) is 39.1 Å². The number of amides is 1. The molecule has 0 atom stereocenters. The number of hydrogen-bond donors (Lipinski definition) is 1. The van der Waals surface area contributed by atoms with Crippen molar-refractivity contribution >= 4 is 5.91 Å². The van der Waals surface area contributed by atoms with E-state index in [1.54, 1.807) is 18.0 Å². The number of halogens is 3. The number of hydrogen-bond acceptors (Lipinski definition) is 3. The molecular weight excluding hydrogens is 321 g/mol. The SMILES string of the molecule is CC(C)OCCCNC(=O)CN(C)Cc1cccc(C(F)(F)F)c1. The first-order chi connectivity index (χ1) is 11.2. The summed E-state index contributed by atoms with van der Waals surface area (Å²) in [7, 11) is 1.70. The highest BCUT2D eigenvalue weighted by molar-refractivity contribution is 5.77. The van der Waals surface area contributed by atoms with Gasteiger partial charge < -0.3 is 10.1 Å². The van der Waals surface area contributed by atoms with Gasteiger partial charge in [-0.3, -0.25) is 9.69 Å². The normalized spacial score (nSPS) is 12.0. The fourth-order valence-corrected chi connectivity index (χ4v) is 2.13. The number of nitrogens with one attached hydrogen (secondary N) is 1. The van der Waals surface area contributed by atoms with E-state index in [-0.39, 0.29) is 25.1 Å². The summed E-state index contributed by atoms with van der Waals surface area (Å²) < 4.78 is 43.4. The first kappa shape index (κ1) is 20.4. The lowest BCUT2D eigenvalue weighted by Gasteiger charge is -2.17. The molecule has 0 heterocycles. The van der Waals surface area contributed by atoms with Gasteiger partial charge in [0.25, 0.3) is 0 Å². The van der Waals surface area contributed by atoms with E-state index in [4.69, 9.17) is 4.74 Å². The molecule has 24 heavy (non-hydrogen) atoms. The van der Waals surface area contributed by atoms with Crippen LogP contribution in [-0.4, -0.2) is 43.7 Å². The molecule has 7 heteroatoms. The van der Waals surface area contributed by atoms with Crippen LogP contribution in [0.15, 0.2) is 24.3 Å². The minimum Gasteiger partial charge on any atom is -0.379 e. The van der Waals surface area contributed by atoms with Gasteiger partial charge in [0, 0.05) is 19.7 Å². The van der Waals surface area contributed by atoms with Crippen molar-refractivity contribution in [3.63, 3.8) is 0 Å². The molecule has 0 aromatic heterocycles. The maximum absolute atomic E-state index is 12.7. The highest BCUT2D eigenvalue weighted by atomic mass is 19.4. The molecule has 0 aliphatic rings. The Kier molecular flexibility index (Phi) is 8.21. The third-order valence-electron chi connectivity index (χ3n) is 3.21. The summed E-state index contributed by atoms with van der Waals surface area (Å²) in [6, 6.07) is 5.14. The molecule has 0 spiro atoms. The average Bonchev–Trinajstić information content (AvgIpc) is 2.45.